The number of rotatable bonds is 6. The van der Waals surface area contributed by atoms with Crippen LogP contribution in [-0.4, -0.2) is 24.2 Å². The molecule has 0 heterocycles. The Kier molecular flexibility index (Phi) is 6.26. The van der Waals surface area contributed by atoms with Crippen molar-refractivity contribution in [3.8, 4) is 0 Å². The van der Waals surface area contributed by atoms with Crippen molar-refractivity contribution < 1.29 is 18.0 Å². The van der Waals surface area contributed by atoms with E-state index in [-0.39, 0.29) is 11.7 Å². The molecule has 1 rings (SSSR count). The van der Waals surface area contributed by atoms with Crippen LogP contribution in [-0.2, 0) is 4.79 Å². The standard InChI is InChI=1S/C16H23F3N2O/c1-5-11(3)20-13-7-9-14(10-8-13)21(12(4)6-2)15(22)16(17,18)19/h7-12,20H,5-6H2,1-4H3/t11-,12+/m0/s1. The van der Waals surface area contributed by atoms with Crippen molar-refractivity contribution in [3.05, 3.63) is 24.3 Å². The van der Waals surface area contributed by atoms with Gasteiger partial charge in [0.2, 0.25) is 0 Å². The topological polar surface area (TPSA) is 32.3 Å². The summed E-state index contributed by atoms with van der Waals surface area (Å²) in [6.07, 6.45) is -3.50. The van der Waals surface area contributed by atoms with Gasteiger partial charge < -0.3 is 10.2 Å². The van der Waals surface area contributed by atoms with Crippen LogP contribution in [0.25, 0.3) is 0 Å². The highest BCUT2D eigenvalue weighted by molar-refractivity contribution is 5.97. The fourth-order valence-corrected chi connectivity index (χ4v) is 2.00. The molecular formula is C16H23F3N2O. The minimum absolute atomic E-state index is 0.256. The second-order valence-corrected chi connectivity index (χ2v) is 5.43. The second-order valence-electron chi connectivity index (χ2n) is 5.43. The SMILES string of the molecule is CC[C@@H](C)N(C(=O)C(F)(F)F)c1ccc(N[C@@H](C)CC)cc1. The maximum absolute atomic E-state index is 12.8. The Morgan fingerprint density at radius 1 is 1.14 bits per heavy atom. The van der Waals surface area contributed by atoms with E-state index in [1.165, 1.54) is 0 Å². The third-order valence-electron chi connectivity index (χ3n) is 3.66. The predicted octanol–water partition coefficient (Wildman–Crippen LogP) is 4.59. The summed E-state index contributed by atoms with van der Waals surface area (Å²) >= 11 is 0. The van der Waals surface area contributed by atoms with E-state index in [9.17, 15) is 18.0 Å². The molecule has 0 aliphatic rings. The van der Waals surface area contributed by atoms with Crippen LogP contribution in [0.1, 0.15) is 40.5 Å². The fraction of sp³-hybridized carbons (Fsp3) is 0.562. The van der Waals surface area contributed by atoms with Gasteiger partial charge in [-0.3, -0.25) is 4.79 Å². The second kappa shape index (κ2) is 7.51. The summed E-state index contributed by atoms with van der Waals surface area (Å²) < 4.78 is 38.3. The average molecular weight is 316 g/mol. The summed E-state index contributed by atoms with van der Waals surface area (Å²) in [7, 11) is 0. The Labute approximate surface area is 129 Å². The number of alkyl halides is 3. The molecule has 0 radical (unpaired) electrons. The van der Waals surface area contributed by atoms with Crippen LogP contribution in [0.4, 0.5) is 24.5 Å². The van der Waals surface area contributed by atoms with E-state index in [1.54, 1.807) is 38.1 Å². The lowest BCUT2D eigenvalue weighted by Crippen LogP contribution is -2.46. The molecule has 0 unspecified atom stereocenters. The molecule has 0 aliphatic carbocycles. The molecule has 0 aliphatic heterocycles. The van der Waals surface area contributed by atoms with Gasteiger partial charge in [0.05, 0.1) is 0 Å². The van der Waals surface area contributed by atoms with Crippen molar-refractivity contribution in [2.24, 2.45) is 0 Å². The summed E-state index contributed by atoms with van der Waals surface area (Å²) in [4.78, 5) is 12.5. The number of hydrogen-bond acceptors (Lipinski definition) is 2. The number of carbonyl (C=O) groups excluding carboxylic acids is 1. The van der Waals surface area contributed by atoms with Crippen molar-refractivity contribution in [3.63, 3.8) is 0 Å². The van der Waals surface area contributed by atoms with E-state index < -0.39 is 18.1 Å². The van der Waals surface area contributed by atoms with Gasteiger partial charge in [-0.05, 0) is 51.0 Å². The largest absolute Gasteiger partial charge is 0.471 e. The van der Waals surface area contributed by atoms with Gasteiger partial charge in [0, 0.05) is 23.5 Å². The molecule has 1 amide bonds. The van der Waals surface area contributed by atoms with Gasteiger partial charge in [0.25, 0.3) is 0 Å². The third-order valence-corrected chi connectivity index (χ3v) is 3.66. The summed E-state index contributed by atoms with van der Waals surface area (Å²) in [5, 5.41) is 3.23. The number of nitrogens with one attached hydrogen (secondary N) is 1. The maximum atomic E-state index is 12.8. The zero-order chi connectivity index (χ0) is 16.9. The number of anilines is 2. The van der Waals surface area contributed by atoms with Crippen LogP contribution >= 0.6 is 0 Å². The first kappa shape index (κ1) is 18.3. The first-order chi connectivity index (χ1) is 10.2. The van der Waals surface area contributed by atoms with Crippen molar-refractivity contribution in [2.75, 3.05) is 10.2 Å². The molecule has 0 saturated heterocycles. The molecule has 1 aromatic rings. The smallest absolute Gasteiger partial charge is 0.383 e. The molecule has 1 aromatic carbocycles. The van der Waals surface area contributed by atoms with Gasteiger partial charge in [0.1, 0.15) is 0 Å². The van der Waals surface area contributed by atoms with Crippen LogP contribution in [0.5, 0.6) is 0 Å². The summed E-state index contributed by atoms with van der Waals surface area (Å²) in [6, 6.07) is 6.22. The number of hydrogen-bond donors (Lipinski definition) is 1. The Balaban J connectivity index is 3.03. The molecule has 0 spiro atoms. The van der Waals surface area contributed by atoms with Crippen LogP contribution < -0.4 is 10.2 Å². The van der Waals surface area contributed by atoms with E-state index in [1.807, 2.05) is 13.8 Å². The Bertz CT molecular complexity index is 485. The molecule has 3 nitrogen and oxygen atoms in total. The van der Waals surface area contributed by atoms with E-state index in [2.05, 4.69) is 5.32 Å². The van der Waals surface area contributed by atoms with Crippen LogP contribution in [0, 0.1) is 0 Å². The van der Waals surface area contributed by atoms with Crippen LogP contribution in [0.15, 0.2) is 24.3 Å². The maximum Gasteiger partial charge on any atom is 0.471 e. The first-order valence-electron chi connectivity index (χ1n) is 7.47. The minimum Gasteiger partial charge on any atom is -0.383 e. The molecule has 2 atom stereocenters. The molecule has 6 heteroatoms. The molecule has 22 heavy (non-hydrogen) atoms. The predicted molar refractivity (Wildman–Crippen MR) is 83.1 cm³/mol. The first-order valence-corrected chi connectivity index (χ1v) is 7.47. The third kappa shape index (κ3) is 4.64. The van der Waals surface area contributed by atoms with Gasteiger partial charge in [-0.15, -0.1) is 0 Å². The summed E-state index contributed by atoms with van der Waals surface area (Å²) in [5.74, 6) is -1.83. The Morgan fingerprint density at radius 3 is 2.09 bits per heavy atom. The zero-order valence-electron chi connectivity index (χ0n) is 13.4. The van der Waals surface area contributed by atoms with E-state index >= 15 is 0 Å². The number of benzene rings is 1. The molecule has 0 aromatic heterocycles. The molecule has 1 N–H and O–H groups in total. The highest BCUT2D eigenvalue weighted by Gasteiger charge is 2.44. The fourth-order valence-electron chi connectivity index (χ4n) is 2.00. The van der Waals surface area contributed by atoms with Gasteiger partial charge in [0.15, 0.2) is 0 Å². The summed E-state index contributed by atoms with van der Waals surface area (Å²) in [6.45, 7) is 7.42. The normalized spacial score (nSPS) is 14.3. The number of nitrogens with zero attached hydrogens (tertiary/aromatic N) is 1. The van der Waals surface area contributed by atoms with Gasteiger partial charge in [-0.1, -0.05) is 13.8 Å². The van der Waals surface area contributed by atoms with Crippen molar-refractivity contribution in [1.29, 1.82) is 0 Å². The lowest BCUT2D eigenvalue weighted by atomic mass is 10.1. The van der Waals surface area contributed by atoms with Gasteiger partial charge in [-0.2, -0.15) is 13.2 Å². The van der Waals surface area contributed by atoms with Gasteiger partial charge in [-0.25, -0.2) is 0 Å². The minimum atomic E-state index is -4.88. The highest BCUT2D eigenvalue weighted by atomic mass is 19.4. The van der Waals surface area contributed by atoms with E-state index in [0.29, 0.717) is 6.42 Å². The molecular weight excluding hydrogens is 293 g/mol. The van der Waals surface area contributed by atoms with Gasteiger partial charge >= 0.3 is 12.1 Å². The van der Waals surface area contributed by atoms with Crippen molar-refractivity contribution in [1.82, 2.24) is 0 Å². The average Bonchev–Trinajstić information content (AvgIpc) is 2.47. The monoisotopic (exact) mass is 316 g/mol. The number of amides is 1. The highest BCUT2D eigenvalue weighted by Crippen LogP contribution is 2.27. The number of carbonyl (C=O) groups is 1. The molecule has 0 bridgehead atoms. The zero-order valence-corrected chi connectivity index (χ0v) is 13.4. The lowest BCUT2D eigenvalue weighted by molar-refractivity contribution is -0.170. The Hall–Kier alpha value is -1.72. The molecule has 0 saturated carbocycles. The molecule has 124 valence electrons. The van der Waals surface area contributed by atoms with E-state index in [0.717, 1.165) is 17.0 Å². The molecule has 0 fully saturated rings. The lowest BCUT2D eigenvalue weighted by Gasteiger charge is -2.29. The number of halogens is 3. The van der Waals surface area contributed by atoms with Crippen molar-refractivity contribution >= 4 is 17.3 Å². The summed E-state index contributed by atoms with van der Waals surface area (Å²) in [5.41, 5.74) is 1.08. The van der Waals surface area contributed by atoms with Crippen LogP contribution in [0.3, 0.4) is 0 Å². The van der Waals surface area contributed by atoms with Crippen molar-refractivity contribution in [2.45, 2.75) is 58.8 Å². The van der Waals surface area contributed by atoms with Crippen LogP contribution in [0.2, 0.25) is 0 Å². The Morgan fingerprint density at radius 2 is 1.68 bits per heavy atom. The quantitative estimate of drug-likeness (QED) is 0.832. The van der Waals surface area contributed by atoms with E-state index in [4.69, 9.17) is 0 Å².